The summed E-state index contributed by atoms with van der Waals surface area (Å²) in [6, 6.07) is 21.1. The van der Waals surface area contributed by atoms with Gasteiger partial charge in [0.2, 0.25) is 0 Å². The molecule has 1 atom stereocenters. The second kappa shape index (κ2) is 9.32. The number of ether oxygens (including phenoxy) is 2. The lowest BCUT2D eigenvalue weighted by Gasteiger charge is -2.16. The third-order valence-corrected chi connectivity index (χ3v) is 6.19. The van der Waals surface area contributed by atoms with Gasteiger partial charge in [-0.3, -0.25) is 0 Å². The Labute approximate surface area is 178 Å². The first kappa shape index (κ1) is 21.9. The number of hydrogen-bond donors (Lipinski definition) is 1. The number of hydrogen-bond acceptors (Lipinski definition) is 5. The van der Waals surface area contributed by atoms with Crippen LogP contribution in [0.2, 0.25) is 0 Å². The summed E-state index contributed by atoms with van der Waals surface area (Å²) in [7, 11) is 0.0713. The highest BCUT2D eigenvalue weighted by Gasteiger charge is 2.12. The lowest BCUT2D eigenvalue weighted by molar-refractivity contribution is 0.413. The molecule has 3 rings (SSSR count). The first-order chi connectivity index (χ1) is 14.3. The number of rotatable bonds is 8. The molecular weight excluding hydrogens is 398 g/mol. The van der Waals surface area contributed by atoms with Crippen LogP contribution >= 0.6 is 0 Å². The summed E-state index contributed by atoms with van der Waals surface area (Å²) in [5, 5.41) is 3.54. The van der Waals surface area contributed by atoms with Crippen molar-refractivity contribution in [1.82, 2.24) is 5.32 Å². The molecule has 0 fully saturated rings. The molecule has 6 heteroatoms. The fraction of sp³-hybridized carbons (Fsp3) is 0.250. The van der Waals surface area contributed by atoms with E-state index in [1.54, 1.807) is 26.4 Å². The van der Waals surface area contributed by atoms with Crippen LogP contribution in [-0.4, -0.2) is 28.9 Å². The minimum atomic E-state index is -3.23. The van der Waals surface area contributed by atoms with E-state index in [1.165, 1.54) is 6.26 Å². The molecule has 0 aliphatic rings. The zero-order valence-electron chi connectivity index (χ0n) is 17.7. The van der Waals surface area contributed by atoms with Crippen molar-refractivity contribution in [2.75, 3.05) is 20.5 Å². The molecule has 3 aromatic carbocycles. The van der Waals surface area contributed by atoms with Crippen LogP contribution < -0.4 is 14.8 Å². The van der Waals surface area contributed by atoms with E-state index in [2.05, 4.69) is 24.4 Å². The maximum atomic E-state index is 11.7. The Balaban J connectivity index is 1.80. The van der Waals surface area contributed by atoms with E-state index >= 15 is 0 Å². The van der Waals surface area contributed by atoms with Crippen molar-refractivity contribution in [3.8, 4) is 22.6 Å². The van der Waals surface area contributed by atoms with Gasteiger partial charge in [-0.1, -0.05) is 30.3 Å². The number of sulfone groups is 1. The summed E-state index contributed by atoms with van der Waals surface area (Å²) in [6.45, 7) is 2.79. The smallest absolute Gasteiger partial charge is 0.175 e. The van der Waals surface area contributed by atoms with Crippen molar-refractivity contribution in [2.24, 2.45) is 0 Å². The molecule has 5 nitrogen and oxygen atoms in total. The number of methoxy groups -OCH3 is 2. The average Bonchev–Trinajstić information content (AvgIpc) is 2.76. The average molecular weight is 426 g/mol. The maximum absolute atomic E-state index is 11.7. The van der Waals surface area contributed by atoms with Crippen LogP contribution in [-0.2, 0) is 16.4 Å². The normalized spacial score (nSPS) is 12.4. The molecule has 0 amide bonds. The quantitative estimate of drug-likeness (QED) is 0.570. The van der Waals surface area contributed by atoms with E-state index in [0.29, 0.717) is 11.4 Å². The summed E-state index contributed by atoms with van der Waals surface area (Å²) in [6.07, 6.45) is 1.21. The van der Waals surface area contributed by atoms with Crippen molar-refractivity contribution in [3.05, 3.63) is 77.9 Å². The molecule has 158 valence electrons. The first-order valence-electron chi connectivity index (χ1n) is 9.66. The molecule has 0 bridgehead atoms. The summed E-state index contributed by atoms with van der Waals surface area (Å²) in [4.78, 5) is 0.301. The molecule has 0 aromatic heterocycles. The Morgan fingerprint density at radius 2 is 1.67 bits per heavy atom. The summed E-state index contributed by atoms with van der Waals surface area (Å²) < 4.78 is 34.3. The fourth-order valence-electron chi connectivity index (χ4n) is 3.27. The van der Waals surface area contributed by atoms with Gasteiger partial charge >= 0.3 is 0 Å². The van der Waals surface area contributed by atoms with Gasteiger partial charge in [-0.25, -0.2) is 8.42 Å². The summed E-state index contributed by atoms with van der Waals surface area (Å²) >= 11 is 0. The third kappa shape index (κ3) is 5.20. The van der Waals surface area contributed by atoms with Gasteiger partial charge in [0.05, 0.1) is 19.1 Å². The molecule has 0 radical (unpaired) electrons. The first-order valence-corrected chi connectivity index (χ1v) is 11.6. The van der Waals surface area contributed by atoms with Crippen LogP contribution in [0.4, 0.5) is 0 Å². The lowest BCUT2D eigenvalue weighted by Crippen LogP contribution is -2.18. The SMILES string of the molecule is COc1cccc(C(C)NCc2ccc(OC)c(-c3ccc(S(C)(=O)=O)cc3)c2)c1. The second-order valence-electron chi connectivity index (χ2n) is 7.21. The molecule has 1 unspecified atom stereocenters. The fourth-order valence-corrected chi connectivity index (χ4v) is 3.90. The molecule has 30 heavy (non-hydrogen) atoms. The van der Waals surface area contributed by atoms with Crippen LogP contribution in [0.5, 0.6) is 11.5 Å². The zero-order chi connectivity index (χ0) is 21.7. The molecule has 0 spiro atoms. The Bertz CT molecular complexity index is 1110. The van der Waals surface area contributed by atoms with E-state index in [1.807, 2.05) is 42.5 Å². The molecule has 0 saturated heterocycles. The highest BCUT2D eigenvalue weighted by molar-refractivity contribution is 7.90. The molecule has 3 aromatic rings. The monoisotopic (exact) mass is 425 g/mol. The van der Waals surface area contributed by atoms with Crippen molar-refractivity contribution < 1.29 is 17.9 Å². The highest BCUT2D eigenvalue weighted by Crippen LogP contribution is 2.32. The predicted octanol–water partition coefficient (Wildman–Crippen LogP) is 4.63. The Kier molecular flexibility index (Phi) is 6.80. The molecule has 1 N–H and O–H groups in total. The van der Waals surface area contributed by atoms with Gasteiger partial charge in [0.15, 0.2) is 9.84 Å². The van der Waals surface area contributed by atoms with Gasteiger partial charge in [0.1, 0.15) is 11.5 Å². The van der Waals surface area contributed by atoms with Crippen molar-refractivity contribution in [3.63, 3.8) is 0 Å². The Morgan fingerprint density at radius 1 is 0.933 bits per heavy atom. The lowest BCUT2D eigenvalue weighted by atomic mass is 10.0. The summed E-state index contributed by atoms with van der Waals surface area (Å²) in [5.74, 6) is 1.58. The topological polar surface area (TPSA) is 64.6 Å². The van der Waals surface area contributed by atoms with Gasteiger partial charge in [0.25, 0.3) is 0 Å². The van der Waals surface area contributed by atoms with E-state index in [9.17, 15) is 8.42 Å². The van der Waals surface area contributed by atoms with Gasteiger partial charge in [0, 0.05) is 24.4 Å². The van der Waals surface area contributed by atoms with Crippen LogP contribution in [0.25, 0.3) is 11.1 Å². The largest absolute Gasteiger partial charge is 0.497 e. The van der Waals surface area contributed by atoms with Crippen LogP contribution in [0.15, 0.2) is 71.6 Å². The highest BCUT2D eigenvalue weighted by atomic mass is 32.2. The Morgan fingerprint density at radius 3 is 2.30 bits per heavy atom. The van der Waals surface area contributed by atoms with E-state index in [4.69, 9.17) is 9.47 Å². The summed E-state index contributed by atoms with van der Waals surface area (Å²) in [5.41, 5.74) is 4.08. The van der Waals surface area contributed by atoms with Gasteiger partial charge in [-0.15, -0.1) is 0 Å². The van der Waals surface area contributed by atoms with Crippen LogP contribution in [0.1, 0.15) is 24.1 Å². The van der Waals surface area contributed by atoms with Crippen molar-refractivity contribution in [1.29, 1.82) is 0 Å². The molecule has 0 heterocycles. The predicted molar refractivity (Wildman–Crippen MR) is 120 cm³/mol. The number of benzene rings is 3. The van der Waals surface area contributed by atoms with Crippen LogP contribution in [0.3, 0.4) is 0 Å². The third-order valence-electron chi connectivity index (χ3n) is 5.06. The van der Waals surface area contributed by atoms with E-state index in [-0.39, 0.29) is 6.04 Å². The minimum absolute atomic E-state index is 0.152. The van der Waals surface area contributed by atoms with Gasteiger partial charge in [-0.2, -0.15) is 0 Å². The Hall–Kier alpha value is -2.83. The van der Waals surface area contributed by atoms with E-state index in [0.717, 1.165) is 33.8 Å². The van der Waals surface area contributed by atoms with Gasteiger partial charge < -0.3 is 14.8 Å². The molecule has 0 saturated carbocycles. The molecular formula is C24H27NO4S. The standard InChI is InChI=1S/C24H27NO4S/c1-17(20-6-5-7-21(15-20)28-2)25-16-18-8-13-24(29-3)23(14-18)19-9-11-22(12-10-19)30(4,26)27/h5-15,17,25H,16H2,1-4H3. The minimum Gasteiger partial charge on any atom is -0.497 e. The molecule has 0 aliphatic heterocycles. The van der Waals surface area contributed by atoms with Crippen molar-refractivity contribution in [2.45, 2.75) is 24.4 Å². The molecule has 0 aliphatic carbocycles. The zero-order valence-corrected chi connectivity index (χ0v) is 18.5. The van der Waals surface area contributed by atoms with Crippen LogP contribution in [0, 0.1) is 0 Å². The number of nitrogens with one attached hydrogen (secondary N) is 1. The van der Waals surface area contributed by atoms with Gasteiger partial charge in [-0.05, 0) is 60.0 Å². The maximum Gasteiger partial charge on any atom is 0.175 e. The van der Waals surface area contributed by atoms with Crippen molar-refractivity contribution >= 4 is 9.84 Å². The second-order valence-corrected chi connectivity index (χ2v) is 9.23. The van der Waals surface area contributed by atoms with E-state index < -0.39 is 9.84 Å².